The molecule has 6 heteroatoms. The molecule has 1 aromatic carbocycles. The van der Waals surface area contributed by atoms with Gasteiger partial charge in [-0.25, -0.2) is 4.79 Å². The summed E-state index contributed by atoms with van der Waals surface area (Å²) in [5, 5.41) is 7.76. The third kappa shape index (κ3) is 2.18. The number of carbonyl (C=O) groups is 2. The normalized spacial score (nSPS) is 9.93. The van der Waals surface area contributed by atoms with Crippen LogP contribution in [0.15, 0.2) is 12.1 Å². The van der Waals surface area contributed by atoms with Crippen LogP contribution in [0, 0.1) is 0 Å². The van der Waals surface area contributed by atoms with E-state index in [1.165, 1.54) is 0 Å². The van der Waals surface area contributed by atoms with Gasteiger partial charge in [-0.2, -0.15) is 0 Å². The zero-order chi connectivity index (χ0) is 10.9. The molecule has 1 N–H and O–H groups in total. The molecule has 3 nitrogen and oxygen atoms in total. The van der Waals surface area contributed by atoms with E-state index in [9.17, 15) is 9.59 Å². The van der Waals surface area contributed by atoms with Gasteiger partial charge in [0.1, 0.15) is 0 Å². The van der Waals surface area contributed by atoms with Gasteiger partial charge >= 0.3 is 5.97 Å². The fraction of sp³-hybridized carbons (Fsp3) is 0. The Balaban J connectivity index is 3.38. The number of rotatable bonds is 2. The molecule has 0 amide bonds. The van der Waals surface area contributed by atoms with Crippen LogP contribution in [0.5, 0.6) is 0 Å². The quantitative estimate of drug-likeness (QED) is 0.824. The van der Waals surface area contributed by atoms with Gasteiger partial charge in [0.15, 0.2) is 0 Å². The second kappa shape index (κ2) is 4.17. The second-order valence-electron chi connectivity index (χ2n) is 2.39. The van der Waals surface area contributed by atoms with Gasteiger partial charge < -0.3 is 5.11 Å². The Morgan fingerprint density at radius 2 is 1.50 bits per heavy atom. The van der Waals surface area contributed by atoms with E-state index in [-0.39, 0.29) is 21.2 Å². The van der Waals surface area contributed by atoms with Crippen LogP contribution < -0.4 is 0 Å². The smallest absolute Gasteiger partial charge is 0.337 e. The molecule has 1 rings (SSSR count). The summed E-state index contributed by atoms with van der Waals surface area (Å²) >= 11 is 16.4. The molecule has 0 unspecified atom stereocenters. The molecule has 0 spiro atoms. The minimum atomic E-state index is -1.22. The lowest BCUT2D eigenvalue weighted by Crippen LogP contribution is -2.00. The number of carboxylic acid groups (broad SMARTS) is 1. The van der Waals surface area contributed by atoms with Gasteiger partial charge in [-0.15, -0.1) is 0 Å². The molecule has 0 aliphatic heterocycles. The zero-order valence-corrected chi connectivity index (χ0v) is 8.82. The van der Waals surface area contributed by atoms with E-state index in [0.717, 1.165) is 12.1 Å². The summed E-state index contributed by atoms with van der Waals surface area (Å²) in [6.07, 6.45) is 0. The Morgan fingerprint density at radius 3 is 1.93 bits per heavy atom. The molecule has 0 aromatic heterocycles. The first-order valence-electron chi connectivity index (χ1n) is 3.35. The molecule has 1 aromatic rings. The molecule has 0 fully saturated rings. The van der Waals surface area contributed by atoms with Crippen LogP contribution in [0.3, 0.4) is 0 Å². The third-order valence-corrected chi connectivity index (χ3v) is 2.33. The summed E-state index contributed by atoms with van der Waals surface area (Å²) in [5.41, 5.74) is -0.179. The fourth-order valence-corrected chi connectivity index (χ4v) is 1.56. The average Bonchev–Trinajstić information content (AvgIpc) is 2.07. The van der Waals surface area contributed by atoms with Crippen LogP contribution in [0.4, 0.5) is 0 Å². The topological polar surface area (TPSA) is 54.4 Å². The predicted octanol–water partition coefficient (Wildman–Crippen LogP) is 3.07. The number of hydrogen-bond acceptors (Lipinski definition) is 2. The third-order valence-electron chi connectivity index (χ3n) is 1.50. The summed E-state index contributed by atoms with van der Waals surface area (Å²) in [4.78, 5) is 21.4. The maximum Gasteiger partial charge on any atom is 0.337 e. The van der Waals surface area contributed by atoms with E-state index in [1.54, 1.807) is 0 Å². The summed E-state index contributed by atoms with van der Waals surface area (Å²) in [7, 11) is 0. The Kier molecular flexibility index (Phi) is 3.37. The van der Waals surface area contributed by atoms with Gasteiger partial charge in [0.05, 0.1) is 21.2 Å². The maximum absolute atomic E-state index is 10.8. The first-order valence-corrected chi connectivity index (χ1v) is 4.49. The highest BCUT2D eigenvalue weighted by Gasteiger charge is 2.15. The van der Waals surface area contributed by atoms with Gasteiger partial charge in [0, 0.05) is 0 Å². The van der Waals surface area contributed by atoms with Crippen LogP contribution >= 0.6 is 34.8 Å². The van der Waals surface area contributed by atoms with E-state index in [0.29, 0.717) is 0 Å². The van der Waals surface area contributed by atoms with Crippen LogP contribution in [0.2, 0.25) is 10.0 Å². The molecule has 0 bridgehead atoms. The number of hydrogen-bond donors (Lipinski definition) is 1. The van der Waals surface area contributed by atoms with Crippen molar-refractivity contribution in [2.45, 2.75) is 0 Å². The Labute approximate surface area is 94.2 Å². The lowest BCUT2D eigenvalue weighted by Gasteiger charge is -2.02. The maximum atomic E-state index is 10.8. The van der Waals surface area contributed by atoms with Crippen molar-refractivity contribution in [3.63, 3.8) is 0 Å². The fourth-order valence-electron chi connectivity index (χ4n) is 0.861. The summed E-state index contributed by atoms with van der Waals surface area (Å²) in [6.45, 7) is 0. The van der Waals surface area contributed by atoms with Gasteiger partial charge in [-0.3, -0.25) is 4.79 Å². The summed E-state index contributed by atoms with van der Waals surface area (Å²) < 4.78 is 0. The van der Waals surface area contributed by atoms with E-state index in [4.69, 9.17) is 39.9 Å². The van der Waals surface area contributed by atoms with Crippen molar-refractivity contribution >= 4 is 46.0 Å². The van der Waals surface area contributed by atoms with Crippen molar-refractivity contribution < 1.29 is 14.7 Å². The molecular formula is C8H3Cl3O3. The number of benzene rings is 1. The first kappa shape index (κ1) is 11.3. The molecule has 0 aliphatic carbocycles. The largest absolute Gasteiger partial charge is 0.478 e. The highest BCUT2D eigenvalue weighted by molar-refractivity contribution is 6.69. The van der Waals surface area contributed by atoms with E-state index >= 15 is 0 Å². The number of aromatic carboxylic acids is 1. The standard InChI is InChI=1S/C8H3Cl3O3/c9-5-2-4(8(13)14)6(10)1-3(5)7(11)12/h1-2H,(H,13,14). The number of carboxylic acids is 1. The lowest BCUT2D eigenvalue weighted by molar-refractivity contribution is 0.0696. The monoisotopic (exact) mass is 252 g/mol. The van der Waals surface area contributed by atoms with Crippen molar-refractivity contribution in [3.05, 3.63) is 33.3 Å². The van der Waals surface area contributed by atoms with Crippen LogP contribution in [0.1, 0.15) is 20.7 Å². The number of halogens is 3. The molecule has 0 heterocycles. The van der Waals surface area contributed by atoms with Gasteiger partial charge in [0.25, 0.3) is 5.24 Å². The van der Waals surface area contributed by atoms with Crippen molar-refractivity contribution in [2.75, 3.05) is 0 Å². The minimum Gasteiger partial charge on any atom is -0.478 e. The SMILES string of the molecule is O=C(O)c1cc(Cl)c(C(=O)Cl)cc1Cl. The van der Waals surface area contributed by atoms with Gasteiger partial charge in [-0.05, 0) is 23.7 Å². The van der Waals surface area contributed by atoms with Gasteiger partial charge in [-0.1, -0.05) is 23.2 Å². The molecule has 74 valence electrons. The molecule has 0 radical (unpaired) electrons. The van der Waals surface area contributed by atoms with Crippen molar-refractivity contribution in [1.82, 2.24) is 0 Å². The molecular weight excluding hydrogens is 250 g/mol. The molecule has 14 heavy (non-hydrogen) atoms. The zero-order valence-electron chi connectivity index (χ0n) is 6.55. The van der Waals surface area contributed by atoms with E-state index in [1.807, 2.05) is 0 Å². The van der Waals surface area contributed by atoms with Crippen LogP contribution in [-0.4, -0.2) is 16.3 Å². The molecule has 0 aliphatic rings. The molecule has 0 saturated heterocycles. The van der Waals surface area contributed by atoms with Gasteiger partial charge in [0.2, 0.25) is 0 Å². The highest BCUT2D eigenvalue weighted by atomic mass is 35.5. The Bertz CT molecular complexity index is 375. The van der Waals surface area contributed by atoms with Crippen molar-refractivity contribution in [1.29, 1.82) is 0 Å². The first-order chi connectivity index (χ1) is 6.43. The minimum absolute atomic E-state index is 0.0108. The van der Waals surface area contributed by atoms with Crippen LogP contribution in [0.25, 0.3) is 0 Å². The summed E-state index contributed by atoms with van der Waals surface area (Å²) in [5.74, 6) is -1.22. The Morgan fingerprint density at radius 1 is 1.07 bits per heavy atom. The van der Waals surface area contributed by atoms with Crippen molar-refractivity contribution in [3.8, 4) is 0 Å². The second-order valence-corrected chi connectivity index (χ2v) is 3.55. The van der Waals surface area contributed by atoms with Crippen molar-refractivity contribution in [2.24, 2.45) is 0 Å². The predicted molar refractivity (Wildman–Crippen MR) is 53.6 cm³/mol. The highest BCUT2D eigenvalue weighted by Crippen LogP contribution is 2.26. The van der Waals surface area contributed by atoms with Crippen LogP contribution in [-0.2, 0) is 0 Å². The molecule has 0 atom stereocenters. The lowest BCUT2D eigenvalue weighted by atomic mass is 10.1. The average molecular weight is 253 g/mol. The summed E-state index contributed by atoms with van der Waals surface area (Å²) in [6, 6.07) is 2.21. The Hall–Kier alpha value is -0.770. The molecule has 0 saturated carbocycles. The number of carbonyl (C=O) groups excluding carboxylic acids is 1. The van der Waals surface area contributed by atoms with E-state index < -0.39 is 11.2 Å². The van der Waals surface area contributed by atoms with E-state index in [2.05, 4.69) is 0 Å².